The molecule has 0 aliphatic carbocycles. The van der Waals surface area contributed by atoms with E-state index in [0.29, 0.717) is 0 Å². The zero-order chi connectivity index (χ0) is 12.4. The first-order valence-electron chi connectivity index (χ1n) is 4.65. The molecule has 5 heteroatoms. The fourth-order valence-electron chi connectivity index (χ4n) is 1.23. The summed E-state index contributed by atoms with van der Waals surface area (Å²) in [6.07, 6.45) is 0. The van der Waals surface area contributed by atoms with E-state index >= 15 is 0 Å². The minimum Gasteiger partial charge on any atom is -0.455 e. The molecule has 0 aliphatic rings. The maximum absolute atomic E-state index is 5.83. The largest absolute Gasteiger partial charge is 0.455 e. The van der Waals surface area contributed by atoms with Crippen LogP contribution in [-0.4, -0.2) is 0 Å². The lowest BCUT2D eigenvalue weighted by molar-refractivity contribution is 0.476. The number of hydrogen-bond donors (Lipinski definition) is 0. The summed E-state index contributed by atoms with van der Waals surface area (Å²) in [4.78, 5) is 0. The zero-order valence-corrected chi connectivity index (χ0v) is 14.7. The maximum atomic E-state index is 5.83. The van der Waals surface area contributed by atoms with Gasteiger partial charge in [0.1, 0.15) is 11.5 Å². The first kappa shape index (κ1) is 13.6. The van der Waals surface area contributed by atoms with Crippen molar-refractivity contribution in [3.63, 3.8) is 0 Å². The molecule has 0 saturated carbocycles. The monoisotopic (exact) mass is 482 g/mol. The summed E-state index contributed by atoms with van der Waals surface area (Å²) < 4.78 is 9.54. The molecule has 0 N–H and O–H groups in total. The predicted octanol–water partition coefficient (Wildman–Crippen LogP) is 6.53. The third kappa shape index (κ3) is 3.13. The normalized spacial score (nSPS) is 10.4. The van der Waals surface area contributed by atoms with Gasteiger partial charge in [-0.15, -0.1) is 0 Å². The fraction of sp³-hybridized carbons (Fsp3) is 0. The number of para-hydroxylation sites is 1. The minimum atomic E-state index is 0.756. The van der Waals surface area contributed by atoms with Gasteiger partial charge in [-0.2, -0.15) is 0 Å². The van der Waals surface area contributed by atoms with Gasteiger partial charge in [-0.25, -0.2) is 0 Å². The van der Waals surface area contributed by atoms with Crippen LogP contribution in [0.15, 0.2) is 54.3 Å². The highest BCUT2D eigenvalue weighted by molar-refractivity contribution is 9.14. The SMILES string of the molecule is Brc1ccccc1Oc1ccc(Br)c(Br)c1Br. The van der Waals surface area contributed by atoms with Crippen molar-refractivity contribution in [1.82, 2.24) is 0 Å². The summed E-state index contributed by atoms with van der Waals surface area (Å²) in [7, 11) is 0. The van der Waals surface area contributed by atoms with Crippen molar-refractivity contribution in [1.29, 1.82) is 0 Å². The van der Waals surface area contributed by atoms with Gasteiger partial charge in [-0.05, 0) is 88.0 Å². The van der Waals surface area contributed by atoms with E-state index in [1.807, 2.05) is 36.4 Å². The summed E-state index contributed by atoms with van der Waals surface area (Å²) >= 11 is 13.9. The molecule has 0 saturated heterocycles. The molecule has 0 radical (unpaired) electrons. The zero-order valence-electron chi connectivity index (χ0n) is 8.38. The summed E-state index contributed by atoms with van der Waals surface area (Å²) in [5.74, 6) is 1.54. The van der Waals surface area contributed by atoms with Gasteiger partial charge < -0.3 is 4.74 Å². The van der Waals surface area contributed by atoms with Gasteiger partial charge in [0.2, 0.25) is 0 Å². The molecular weight excluding hydrogens is 480 g/mol. The number of hydrogen-bond acceptors (Lipinski definition) is 1. The van der Waals surface area contributed by atoms with E-state index in [1.165, 1.54) is 0 Å². The quantitative estimate of drug-likeness (QED) is 0.440. The van der Waals surface area contributed by atoms with Crippen molar-refractivity contribution in [3.05, 3.63) is 54.3 Å². The Kier molecular flexibility index (Phi) is 4.69. The van der Waals surface area contributed by atoms with Crippen molar-refractivity contribution in [2.24, 2.45) is 0 Å². The standard InChI is InChI=1S/C12H6Br4O/c13-7-3-1-2-4-9(7)17-10-6-5-8(14)11(15)12(10)16/h1-6H. The Morgan fingerprint density at radius 2 is 1.35 bits per heavy atom. The Hall–Kier alpha value is 0.160. The molecule has 0 amide bonds. The average molecular weight is 486 g/mol. The fourth-order valence-corrected chi connectivity index (χ4v) is 2.95. The van der Waals surface area contributed by atoms with Crippen LogP contribution in [0.25, 0.3) is 0 Å². The molecule has 0 aromatic heterocycles. The van der Waals surface area contributed by atoms with Gasteiger partial charge in [0, 0.05) is 8.95 Å². The topological polar surface area (TPSA) is 9.23 Å². The van der Waals surface area contributed by atoms with Gasteiger partial charge in [0.25, 0.3) is 0 Å². The number of halogens is 4. The van der Waals surface area contributed by atoms with E-state index < -0.39 is 0 Å². The van der Waals surface area contributed by atoms with E-state index in [2.05, 4.69) is 63.7 Å². The number of rotatable bonds is 2. The highest BCUT2D eigenvalue weighted by Gasteiger charge is 2.10. The van der Waals surface area contributed by atoms with Gasteiger partial charge in [-0.1, -0.05) is 12.1 Å². The van der Waals surface area contributed by atoms with Crippen LogP contribution in [0.4, 0.5) is 0 Å². The van der Waals surface area contributed by atoms with Crippen LogP contribution in [0.1, 0.15) is 0 Å². The first-order chi connectivity index (χ1) is 8.09. The molecule has 0 fully saturated rings. The second-order valence-electron chi connectivity index (χ2n) is 3.21. The van der Waals surface area contributed by atoms with Gasteiger partial charge >= 0.3 is 0 Å². The molecule has 0 heterocycles. The second kappa shape index (κ2) is 5.87. The predicted molar refractivity (Wildman–Crippen MR) is 83.8 cm³/mol. The number of ether oxygens (including phenoxy) is 1. The average Bonchev–Trinajstić information content (AvgIpc) is 2.32. The van der Waals surface area contributed by atoms with Crippen LogP contribution >= 0.6 is 63.7 Å². The van der Waals surface area contributed by atoms with Crippen molar-refractivity contribution in [2.45, 2.75) is 0 Å². The van der Waals surface area contributed by atoms with Crippen LogP contribution < -0.4 is 4.74 Å². The van der Waals surface area contributed by atoms with Crippen LogP contribution in [0, 0.1) is 0 Å². The van der Waals surface area contributed by atoms with E-state index in [4.69, 9.17) is 4.74 Å². The van der Waals surface area contributed by atoms with Crippen LogP contribution in [0.3, 0.4) is 0 Å². The van der Waals surface area contributed by atoms with Crippen molar-refractivity contribution in [3.8, 4) is 11.5 Å². The Balaban J connectivity index is 2.38. The summed E-state index contributed by atoms with van der Waals surface area (Å²) in [6.45, 7) is 0. The highest BCUT2D eigenvalue weighted by atomic mass is 79.9. The Morgan fingerprint density at radius 3 is 2.06 bits per heavy atom. The van der Waals surface area contributed by atoms with Crippen molar-refractivity contribution >= 4 is 63.7 Å². The van der Waals surface area contributed by atoms with E-state index in [-0.39, 0.29) is 0 Å². The molecule has 2 aromatic carbocycles. The molecule has 2 aromatic rings. The Labute approximate surface area is 133 Å². The lowest BCUT2D eigenvalue weighted by Crippen LogP contribution is -1.87. The third-order valence-corrected chi connectivity index (χ3v) is 6.05. The molecule has 2 rings (SSSR count). The summed E-state index contributed by atoms with van der Waals surface area (Å²) in [5.41, 5.74) is 0. The Morgan fingerprint density at radius 1 is 0.647 bits per heavy atom. The molecule has 0 bridgehead atoms. The molecule has 0 atom stereocenters. The van der Waals surface area contributed by atoms with Crippen LogP contribution in [-0.2, 0) is 0 Å². The summed E-state index contributed by atoms with van der Waals surface area (Å²) in [5, 5.41) is 0. The molecule has 17 heavy (non-hydrogen) atoms. The molecule has 88 valence electrons. The van der Waals surface area contributed by atoms with Gasteiger partial charge in [-0.3, -0.25) is 0 Å². The van der Waals surface area contributed by atoms with E-state index in [0.717, 1.165) is 29.4 Å². The minimum absolute atomic E-state index is 0.756. The van der Waals surface area contributed by atoms with Crippen molar-refractivity contribution < 1.29 is 4.74 Å². The van der Waals surface area contributed by atoms with Gasteiger partial charge in [0.05, 0.1) is 8.95 Å². The molecule has 0 aliphatic heterocycles. The molecule has 0 spiro atoms. The van der Waals surface area contributed by atoms with E-state index in [1.54, 1.807) is 0 Å². The smallest absolute Gasteiger partial charge is 0.142 e. The second-order valence-corrected chi connectivity index (χ2v) is 6.50. The maximum Gasteiger partial charge on any atom is 0.142 e. The lowest BCUT2D eigenvalue weighted by atomic mass is 10.3. The van der Waals surface area contributed by atoms with E-state index in [9.17, 15) is 0 Å². The lowest BCUT2D eigenvalue weighted by Gasteiger charge is -2.11. The molecule has 1 nitrogen and oxygen atoms in total. The first-order valence-corrected chi connectivity index (χ1v) is 7.82. The van der Waals surface area contributed by atoms with Gasteiger partial charge in [0.15, 0.2) is 0 Å². The molecular formula is C12H6Br4O. The van der Waals surface area contributed by atoms with Crippen molar-refractivity contribution in [2.75, 3.05) is 0 Å². The van der Waals surface area contributed by atoms with Crippen LogP contribution in [0.5, 0.6) is 11.5 Å². The molecule has 0 unspecified atom stereocenters. The Bertz CT molecular complexity index is 554. The summed E-state index contributed by atoms with van der Waals surface area (Å²) in [6, 6.07) is 11.6. The van der Waals surface area contributed by atoms with Crippen LogP contribution in [0.2, 0.25) is 0 Å². The number of benzene rings is 2. The third-order valence-electron chi connectivity index (χ3n) is 2.06. The highest BCUT2D eigenvalue weighted by Crippen LogP contribution is 2.40.